The first-order valence-corrected chi connectivity index (χ1v) is 6.84. The zero-order chi connectivity index (χ0) is 14.8. The molecular formula is C17H16N2O2. The van der Waals surface area contributed by atoms with Crippen LogP contribution in [-0.2, 0) is 4.74 Å². The van der Waals surface area contributed by atoms with Gasteiger partial charge in [0.25, 0.3) is 0 Å². The molecule has 0 spiro atoms. The zero-order valence-corrected chi connectivity index (χ0v) is 11.7. The lowest BCUT2D eigenvalue weighted by Crippen LogP contribution is -2.05. The van der Waals surface area contributed by atoms with Crippen LogP contribution >= 0.6 is 0 Å². The van der Waals surface area contributed by atoms with Gasteiger partial charge in [0.15, 0.2) is 0 Å². The number of hydrogen-bond acceptors (Lipinski definition) is 3. The summed E-state index contributed by atoms with van der Waals surface area (Å²) in [6.07, 6.45) is 0. The highest BCUT2D eigenvalue weighted by Gasteiger charge is 2.15. The average molecular weight is 280 g/mol. The summed E-state index contributed by atoms with van der Waals surface area (Å²) >= 11 is 0. The van der Waals surface area contributed by atoms with Gasteiger partial charge < -0.3 is 15.5 Å². The Morgan fingerprint density at radius 3 is 2.67 bits per heavy atom. The van der Waals surface area contributed by atoms with Gasteiger partial charge in [0, 0.05) is 5.69 Å². The van der Waals surface area contributed by atoms with Gasteiger partial charge in [-0.3, -0.25) is 0 Å². The van der Waals surface area contributed by atoms with E-state index >= 15 is 0 Å². The molecule has 4 heteroatoms. The highest BCUT2D eigenvalue weighted by atomic mass is 16.5. The quantitative estimate of drug-likeness (QED) is 0.720. The number of H-pyrrole nitrogens is 1. The highest BCUT2D eigenvalue weighted by Crippen LogP contribution is 2.27. The summed E-state index contributed by atoms with van der Waals surface area (Å²) in [6.45, 7) is 2.10. The van der Waals surface area contributed by atoms with Gasteiger partial charge in [-0.2, -0.15) is 0 Å². The van der Waals surface area contributed by atoms with Gasteiger partial charge in [0.2, 0.25) is 0 Å². The van der Waals surface area contributed by atoms with Crippen LogP contribution in [0.15, 0.2) is 48.5 Å². The minimum Gasteiger partial charge on any atom is -0.462 e. The molecule has 0 amide bonds. The molecule has 0 bridgehead atoms. The van der Waals surface area contributed by atoms with Crippen LogP contribution in [0.3, 0.4) is 0 Å². The number of esters is 1. The first-order chi connectivity index (χ1) is 10.2. The monoisotopic (exact) mass is 280 g/mol. The van der Waals surface area contributed by atoms with Crippen LogP contribution in [0, 0.1) is 0 Å². The van der Waals surface area contributed by atoms with Crippen LogP contribution < -0.4 is 5.73 Å². The molecule has 21 heavy (non-hydrogen) atoms. The number of aromatic nitrogens is 1. The first-order valence-electron chi connectivity index (χ1n) is 6.84. The minimum atomic E-state index is -0.404. The van der Waals surface area contributed by atoms with E-state index in [1.807, 2.05) is 24.3 Å². The number of aromatic amines is 1. The summed E-state index contributed by atoms with van der Waals surface area (Å²) in [7, 11) is 0. The van der Waals surface area contributed by atoms with Gasteiger partial charge >= 0.3 is 5.97 Å². The molecule has 0 aliphatic heterocycles. The van der Waals surface area contributed by atoms with Crippen molar-refractivity contribution in [2.24, 2.45) is 0 Å². The Morgan fingerprint density at radius 1 is 1.14 bits per heavy atom. The fourth-order valence-electron chi connectivity index (χ4n) is 2.36. The molecule has 106 valence electrons. The van der Waals surface area contributed by atoms with E-state index in [4.69, 9.17) is 10.5 Å². The molecule has 4 nitrogen and oxygen atoms in total. The average Bonchev–Trinajstić information content (AvgIpc) is 2.89. The number of ether oxygens (including phenoxy) is 1. The maximum absolute atomic E-state index is 11.8. The fourth-order valence-corrected chi connectivity index (χ4v) is 2.36. The molecule has 0 saturated heterocycles. The van der Waals surface area contributed by atoms with Crippen molar-refractivity contribution in [2.75, 3.05) is 12.3 Å². The van der Waals surface area contributed by atoms with Crippen LogP contribution in [-0.4, -0.2) is 17.6 Å². The Bertz CT molecular complexity index is 805. The lowest BCUT2D eigenvalue weighted by atomic mass is 10.1. The third kappa shape index (κ3) is 2.48. The standard InChI is InChI=1S/C17H16N2O2/c1-2-21-17(20)14-10-15(19-16(14)18)13-8-7-11-5-3-4-6-12(11)9-13/h3-10,19H,2,18H2,1H3. The van der Waals surface area contributed by atoms with Crippen molar-refractivity contribution in [1.29, 1.82) is 0 Å². The summed E-state index contributed by atoms with van der Waals surface area (Å²) < 4.78 is 4.99. The molecule has 0 saturated carbocycles. The molecule has 0 unspecified atom stereocenters. The van der Waals surface area contributed by atoms with Crippen LogP contribution in [0.4, 0.5) is 5.82 Å². The molecule has 0 atom stereocenters. The number of rotatable bonds is 3. The molecule has 0 radical (unpaired) electrons. The van der Waals surface area contributed by atoms with Crippen molar-refractivity contribution in [1.82, 2.24) is 4.98 Å². The van der Waals surface area contributed by atoms with Gasteiger partial charge in [-0.05, 0) is 35.4 Å². The molecule has 0 aliphatic carbocycles. The summed E-state index contributed by atoms with van der Waals surface area (Å²) in [4.78, 5) is 14.8. The SMILES string of the molecule is CCOC(=O)c1cc(-c2ccc3ccccc3c2)[nH]c1N. The van der Waals surface area contributed by atoms with E-state index in [1.54, 1.807) is 13.0 Å². The number of carbonyl (C=O) groups excluding carboxylic acids is 1. The number of anilines is 1. The van der Waals surface area contributed by atoms with Crippen molar-refractivity contribution in [3.8, 4) is 11.3 Å². The molecule has 2 aromatic carbocycles. The van der Waals surface area contributed by atoms with Crippen molar-refractivity contribution < 1.29 is 9.53 Å². The normalized spacial score (nSPS) is 10.7. The predicted octanol–water partition coefficient (Wildman–Crippen LogP) is 3.59. The van der Waals surface area contributed by atoms with Gasteiger partial charge in [-0.25, -0.2) is 4.79 Å². The topological polar surface area (TPSA) is 68.1 Å². The molecule has 0 fully saturated rings. The summed E-state index contributed by atoms with van der Waals surface area (Å²) in [5, 5.41) is 2.31. The molecule has 0 aliphatic rings. The third-order valence-corrected chi connectivity index (χ3v) is 3.40. The van der Waals surface area contributed by atoms with E-state index in [0.29, 0.717) is 18.0 Å². The van der Waals surface area contributed by atoms with Gasteiger partial charge in [0.1, 0.15) is 11.4 Å². The van der Waals surface area contributed by atoms with Crippen LogP contribution in [0.2, 0.25) is 0 Å². The largest absolute Gasteiger partial charge is 0.462 e. The molecule has 3 aromatic rings. The van der Waals surface area contributed by atoms with E-state index in [0.717, 1.165) is 16.6 Å². The van der Waals surface area contributed by atoms with E-state index in [9.17, 15) is 4.79 Å². The van der Waals surface area contributed by atoms with Crippen molar-refractivity contribution >= 4 is 22.6 Å². The first kappa shape index (κ1) is 13.2. The van der Waals surface area contributed by atoms with E-state index < -0.39 is 5.97 Å². The summed E-state index contributed by atoms with van der Waals surface area (Å²) in [5.74, 6) is -0.0742. The number of nitrogens with two attached hydrogens (primary N) is 1. The molecule has 3 rings (SSSR count). The number of carbonyl (C=O) groups is 1. The minimum absolute atomic E-state index is 0.328. The van der Waals surface area contributed by atoms with E-state index in [1.165, 1.54) is 5.39 Å². The second kappa shape index (κ2) is 5.32. The molecular weight excluding hydrogens is 264 g/mol. The zero-order valence-electron chi connectivity index (χ0n) is 11.7. The van der Waals surface area contributed by atoms with Crippen molar-refractivity contribution in [2.45, 2.75) is 6.92 Å². The maximum atomic E-state index is 11.8. The smallest absolute Gasteiger partial charge is 0.341 e. The van der Waals surface area contributed by atoms with Crippen LogP contribution in [0.25, 0.3) is 22.0 Å². The summed E-state index contributed by atoms with van der Waals surface area (Å²) in [5.41, 5.74) is 8.03. The Hall–Kier alpha value is -2.75. The lowest BCUT2D eigenvalue weighted by molar-refractivity contribution is 0.0528. The molecule has 1 aromatic heterocycles. The van der Waals surface area contributed by atoms with Crippen LogP contribution in [0.5, 0.6) is 0 Å². The predicted molar refractivity (Wildman–Crippen MR) is 84.1 cm³/mol. The second-order valence-electron chi connectivity index (χ2n) is 4.79. The van der Waals surface area contributed by atoms with Crippen molar-refractivity contribution in [3.05, 3.63) is 54.1 Å². The Morgan fingerprint density at radius 2 is 1.90 bits per heavy atom. The van der Waals surface area contributed by atoms with Gasteiger partial charge in [-0.15, -0.1) is 0 Å². The summed E-state index contributed by atoms with van der Waals surface area (Å²) in [6, 6.07) is 16.0. The fraction of sp³-hybridized carbons (Fsp3) is 0.118. The number of nitrogens with one attached hydrogen (secondary N) is 1. The number of benzene rings is 2. The second-order valence-corrected chi connectivity index (χ2v) is 4.79. The lowest BCUT2D eigenvalue weighted by Gasteiger charge is -2.01. The Balaban J connectivity index is 2.02. The third-order valence-electron chi connectivity index (χ3n) is 3.40. The van der Waals surface area contributed by atoms with Crippen LogP contribution in [0.1, 0.15) is 17.3 Å². The highest BCUT2D eigenvalue weighted by molar-refractivity contribution is 5.97. The van der Waals surface area contributed by atoms with Crippen molar-refractivity contribution in [3.63, 3.8) is 0 Å². The number of fused-ring (bicyclic) bond motifs is 1. The number of hydrogen-bond donors (Lipinski definition) is 2. The maximum Gasteiger partial charge on any atom is 0.341 e. The Kier molecular flexibility index (Phi) is 3.36. The van der Waals surface area contributed by atoms with E-state index in [-0.39, 0.29) is 0 Å². The molecule has 1 heterocycles. The van der Waals surface area contributed by atoms with E-state index in [2.05, 4.69) is 23.2 Å². The molecule has 3 N–H and O–H groups in total. The van der Waals surface area contributed by atoms with Gasteiger partial charge in [0.05, 0.1) is 6.61 Å². The Labute approximate surface area is 122 Å². The number of nitrogen functional groups attached to an aromatic ring is 1. The van der Waals surface area contributed by atoms with Gasteiger partial charge in [-0.1, -0.05) is 36.4 Å².